The largest absolute Gasteiger partial charge is 1.00 e. The Morgan fingerprint density at radius 1 is 0.710 bits per heavy atom. The van der Waals surface area contributed by atoms with Gasteiger partial charge in [0.05, 0.1) is 5.82 Å². The molecule has 0 fully saturated rings. The zero-order chi connectivity index (χ0) is 20.6. The van der Waals surface area contributed by atoms with Gasteiger partial charge < -0.3 is 24.8 Å². The van der Waals surface area contributed by atoms with Gasteiger partial charge in [0.2, 0.25) is 0 Å². The Hall–Kier alpha value is -1.86. The molecule has 0 spiro atoms. The molecule has 5 aromatic rings. The van der Waals surface area contributed by atoms with Crippen LogP contribution in [0.4, 0.5) is 4.39 Å². The van der Waals surface area contributed by atoms with Crippen molar-refractivity contribution in [3.63, 3.8) is 0 Å². The third kappa shape index (κ3) is 7.65. The molecule has 0 nitrogen and oxygen atoms in total. The first-order valence-electron chi connectivity index (χ1n) is 9.58. The minimum atomic E-state index is -0.163. The van der Waals surface area contributed by atoms with Crippen LogP contribution in [-0.2, 0) is 24.2 Å². The molecule has 0 bridgehead atoms. The van der Waals surface area contributed by atoms with Crippen molar-refractivity contribution in [1.29, 1.82) is 0 Å². The Labute approximate surface area is 211 Å². The normalized spacial score (nSPS) is 9.45. The van der Waals surface area contributed by atoms with Crippen LogP contribution in [0.2, 0.25) is 0 Å². The van der Waals surface area contributed by atoms with E-state index in [2.05, 4.69) is 68.4 Å². The maximum atomic E-state index is 13.2. The molecule has 31 heavy (non-hydrogen) atoms. The molecular formula is C27H23Cl2FZr-2. The van der Waals surface area contributed by atoms with Gasteiger partial charge in [-0.1, -0.05) is 60.2 Å². The van der Waals surface area contributed by atoms with Crippen LogP contribution in [0.15, 0.2) is 103 Å². The fourth-order valence-electron chi connectivity index (χ4n) is 3.15. The first-order chi connectivity index (χ1) is 14.1. The third-order valence-corrected chi connectivity index (χ3v) is 4.37. The molecular weight excluding hydrogens is 505 g/mol. The number of halogens is 3. The second-order valence-corrected chi connectivity index (χ2v) is 9.43. The molecule has 0 N–H and O–H groups in total. The van der Waals surface area contributed by atoms with Gasteiger partial charge in [0.25, 0.3) is 0 Å². The number of hydrogen-bond acceptors (Lipinski definition) is 0. The van der Waals surface area contributed by atoms with Crippen molar-refractivity contribution >= 4 is 24.8 Å². The average molecular weight is 529 g/mol. The molecule has 4 heteroatoms. The van der Waals surface area contributed by atoms with Gasteiger partial charge in [-0.3, -0.25) is 0 Å². The summed E-state index contributed by atoms with van der Waals surface area (Å²) in [7, 11) is 0. The van der Waals surface area contributed by atoms with Crippen LogP contribution in [0.1, 0.15) is 13.8 Å². The maximum Gasteiger partial charge on any atom is 0.0893 e. The van der Waals surface area contributed by atoms with Crippen LogP contribution in [0.5, 0.6) is 0 Å². The summed E-state index contributed by atoms with van der Waals surface area (Å²) in [6.07, 6.45) is 0. The van der Waals surface area contributed by atoms with Crippen molar-refractivity contribution in [3.05, 3.63) is 109 Å². The Balaban J connectivity index is 0.000000252. The van der Waals surface area contributed by atoms with Gasteiger partial charge in [0.15, 0.2) is 0 Å². The molecule has 0 heterocycles. The summed E-state index contributed by atoms with van der Waals surface area (Å²) in [5.41, 5.74) is 1.61. The average Bonchev–Trinajstić information content (AvgIpc) is 3.36. The number of hydrogen-bond donors (Lipinski definition) is 0. The van der Waals surface area contributed by atoms with E-state index < -0.39 is 0 Å². The SMILES string of the molecule is C[C](C)=[Zr+2].Fc1ccccc1-c1ccc[cH-]1.[Cl-].[Cl-].c1ccc2c(c1)[cH-]c1ccccc12. The maximum absolute atomic E-state index is 13.2. The zero-order valence-corrected chi connectivity index (χ0v) is 21.4. The van der Waals surface area contributed by atoms with Crippen molar-refractivity contribution in [2.45, 2.75) is 13.8 Å². The predicted molar refractivity (Wildman–Crippen MR) is 121 cm³/mol. The smallest absolute Gasteiger partial charge is 0.0893 e. The summed E-state index contributed by atoms with van der Waals surface area (Å²) >= 11 is 1.55. The molecule has 158 valence electrons. The van der Waals surface area contributed by atoms with Crippen molar-refractivity contribution in [1.82, 2.24) is 0 Å². The molecule has 0 aliphatic rings. The fraction of sp³-hybridized carbons (Fsp3) is 0.0741. The minimum absolute atomic E-state index is 0. The van der Waals surface area contributed by atoms with E-state index in [4.69, 9.17) is 0 Å². The first-order valence-corrected chi connectivity index (χ1v) is 10.8. The summed E-state index contributed by atoms with van der Waals surface area (Å²) in [5.74, 6) is -0.163. The van der Waals surface area contributed by atoms with Crippen LogP contribution < -0.4 is 24.8 Å². The first kappa shape index (κ1) is 27.2. The van der Waals surface area contributed by atoms with Crippen molar-refractivity contribution in [2.75, 3.05) is 0 Å². The number of rotatable bonds is 1. The van der Waals surface area contributed by atoms with Crippen LogP contribution in [0.25, 0.3) is 32.7 Å². The summed E-state index contributed by atoms with van der Waals surface area (Å²) in [5, 5.41) is 5.39. The molecule has 5 aromatic carbocycles. The quantitative estimate of drug-likeness (QED) is 0.291. The van der Waals surface area contributed by atoms with E-state index in [1.807, 2.05) is 30.3 Å². The van der Waals surface area contributed by atoms with Crippen LogP contribution in [0.3, 0.4) is 0 Å². The molecule has 0 aliphatic heterocycles. The van der Waals surface area contributed by atoms with Gasteiger partial charge in [-0.05, 0) is 6.07 Å². The van der Waals surface area contributed by atoms with E-state index in [1.54, 1.807) is 36.4 Å². The Bertz CT molecular complexity index is 1150. The summed E-state index contributed by atoms with van der Waals surface area (Å²) < 4.78 is 14.7. The van der Waals surface area contributed by atoms with Gasteiger partial charge in [-0.15, -0.1) is 51.4 Å². The standard InChI is InChI=1S/C13H9.C11H8F.C3H6.2ClH.Zr/c1-3-7-12-10(5-1)9-11-6-2-4-8-13(11)12;12-11-8-4-3-7-10(11)9-5-1-2-6-9;1-3-2;;;/h1-9H;1-8H;1-2H3;2*1H;/q2*-1;;;;+2/p-2. The molecule has 0 radical (unpaired) electrons. The topological polar surface area (TPSA) is 0 Å². The molecule has 0 atom stereocenters. The summed E-state index contributed by atoms with van der Waals surface area (Å²) in [6, 6.07) is 33.7. The zero-order valence-electron chi connectivity index (χ0n) is 17.4. The van der Waals surface area contributed by atoms with E-state index in [1.165, 1.54) is 30.8 Å². The Kier molecular flexibility index (Phi) is 11.9. The van der Waals surface area contributed by atoms with Gasteiger partial charge in [-0.25, -0.2) is 4.39 Å². The van der Waals surface area contributed by atoms with Crippen LogP contribution >= 0.6 is 0 Å². The molecule has 0 aromatic heterocycles. The van der Waals surface area contributed by atoms with Gasteiger partial charge in [0.1, 0.15) is 0 Å². The predicted octanol–water partition coefficient (Wildman–Crippen LogP) is 1.68. The molecule has 0 saturated heterocycles. The minimum Gasteiger partial charge on any atom is -1.00 e. The van der Waals surface area contributed by atoms with E-state index in [0.29, 0.717) is 5.56 Å². The monoisotopic (exact) mass is 526 g/mol. The van der Waals surface area contributed by atoms with E-state index in [-0.39, 0.29) is 30.6 Å². The summed E-state index contributed by atoms with van der Waals surface area (Å²) in [4.78, 5) is 0. The van der Waals surface area contributed by atoms with Crippen LogP contribution in [-0.4, -0.2) is 3.21 Å². The Morgan fingerprint density at radius 3 is 1.68 bits per heavy atom. The molecule has 0 aliphatic carbocycles. The number of benzene rings is 3. The van der Waals surface area contributed by atoms with Gasteiger partial charge in [-0.2, -0.15) is 18.2 Å². The second-order valence-electron chi connectivity index (χ2n) is 6.97. The molecule has 0 saturated carbocycles. The van der Waals surface area contributed by atoms with Crippen molar-refractivity contribution in [2.24, 2.45) is 0 Å². The summed E-state index contributed by atoms with van der Waals surface area (Å²) in [6.45, 7) is 4.25. The van der Waals surface area contributed by atoms with Gasteiger partial charge >= 0.3 is 41.3 Å². The molecule has 0 amide bonds. The molecule has 5 rings (SSSR count). The Morgan fingerprint density at radius 2 is 1.19 bits per heavy atom. The van der Waals surface area contributed by atoms with Crippen LogP contribution in [0, 0.1) is 5.82 Å². The van der Waals surface area contributed by atoms with E-state index >= 15 is 0 Å². The van der Waals surface area contributed by atoms with E-state index in [0.717, 1.165) is 5.56 Å². The van der Waals surface area contributed by atoms with E-state index in [9.17, 15) is 4.39 Å². The molecule has 0 unspecified atom stereocenters. The number of fused-ring (bicyclic) bond motifs is 3. The second kappa shape index (κ2) is 13.5. The fourth-order valence-corrected chi connectivity index (χ4v) is 3.15. The van der Waals surface area contributed by atoms with Crippen molar-refractivity contribution < 1.29 is 53.4 Å². The third-order valence-electron chi connectivity index (χ3n) is 4.37. The van der Waals surface area contributed by atoms with Gasteiger partial charge in [0, 0.05) is 0 Å². The van der Waals surface area contributed by atoms with Crippen molar-refractivity contribution in [3.8, 4) is 11.1 Å².